The van der Waals surface area contributed by atoms with E-state index in [4.69, 9.17) is 10.5 Å². The Balaban J connectivity index is 2.20. The van der Waals surface area contributed by atoms with Crippen LogP contribution in [-0.2, 0) is 7.05 Å². The fourth-order valence-corrected chi connectivity index (χ4v) is 2.06. The van der Waals surface area contributed by atoms with E-state index in [2.05, 4.69) is 21.0 Å². The van der Waals surface area contributed by atoms with E-state index in [0.29, 0.717) is 16.8 Å². The first kappa shape index (κ1) is 13.0. The zero-order valence-electron chi connectivity index (χ0n) is 9.81. The van der Waals surface area contributed by atoms with E-state index >= 15 is 0 Å². The monoisotopic (exact) mass is 313 g/mol. The molecule has 96 valence electrons. The van der Waals surface area contributed by atoms with E-state index in [1.807, 2.05) is 13.2 Å². The normalized spacial score (nSPS) is 12.4. The third-order valence-electron chi connectivity index (χ3n) is 2.43. The molecule has 1 unspecified atom stereocenters. The Bertz CT molecular complexity index is 524. The Labute approximate surface area is 113 Å². The van der Waals surface area contributed by atoms with Gasteiger partial charge in [-0.25, -0.2) is 4.39 Å². The molecule has 0 radical (unpaired) electrons. The lowest BCUT2D eigenvalue weighted by molar-refractivity contribution is 0.213. The Morgan fingerprint density at radius 2 is 2.28 bits per heavy atom. The van der Waals surface area contributed by atoms with Crippen molar-refractivity contribution >= 4 is 15.9 Å². The summed E-state index contributed by atoms with van der Waals surface area (Å²) >= 11 is 3.22. The predicted molar refractivity (Wildman–Crippen MR) is 69.7 cm³/mol. The van der Waals surface area contributed by atoms with Gasteiger partial charge in [-0.1, -0.05) is 15.9 Å². The third-order valence-corrected chi connectivity index (χ3v) is 2.88. The van der Waals surface area contributed by atoms with Gasteiger partial charge in [-0.05, 0) is 12.1 Å². The van der Waals surface area contributed by atoms with Crippen molar-refractivity contribution in [2.24, 2.45) is 12.8 Å². The number of aryl methyl sites for hydroxylation is 1. The van der Waals surface area contributed by atoms with E-state index in [0.717, 1.165) is 5.56 Å². The minimum Gasteiger partial charge on any atom is -0.484 e. The Morgan fingerprint density at radius 1 is 1.50 bits per heavy atom. The van der Waals surface area contributed by atoms with Crippen LogP contribution in [0.3, 0.4) is 0 Å². The van der Waals surface area contributed by atoms with Crippen molar-refractivity contribution in [3.63, 3.8) is 0 Å². The number of nitrogens with zero attached hydrogens (tertiary/aromatic N) is 2. The van der Waals surface area contributed by atoms with Gasteiger partial charge in [-0.3, -0.25) is 4.68 Å². The Morgan fingerprint density at radius 3 is 2.83 bits per heavy atom. The van der Waals surface area contributed by atoms with Crippen LogP contribution in [0.15, 0.2) is 35.1 Å². The smallest absolute Gasteiger partial charge is 0.139 e. The standard InChI is InChI=1S/C12H13BrFN3O/c1-17-7-8(6-16-17)12(5-15)18-11-3-9(13)2-10(14)4-11/h2-4,6-7,12H,5,15H2,1H3. The zero-order chi connectivity index (χ0) is 13.1. The highest BCUT2D eigenvalue weighted by Crippen LogP contribution is 2.25. The number of aromatic nitrogens is 2. The fourth-order valence-electron chi connectivity index (χ4n) is 1.62. The molecule has 18 heavy (non-hydrogen) atoms. The number of hydrogen-bond donors (Lipinski definition) is 1. The largest absolute Gasteiger partial charge is 0.484 e. The van der Waals surface area contributed by atoms with Crippen molar-refractivity contribution in [2.75, 3.05) is 6.54 Å². The molecule has 0 aliphatic carbocycles. The summed E-state index contributed by atoms with van der Waals surface area (Å²) in [5.74, 6) is 0.0718. The molecule has 0 saturated carbocycles. The van der Waals surface area contributed by atoms with Crippen LogP contribution >= 0.6 is 15.9 Å². The molecule has 2 aromatic rings. The van der Waals surface area contributed by atoms with Gasteiger partial charge in [-0.2, -0.15) is 5.10 Å². The van der Waals surface area contributed by atoms with Crippen LogP contribution in [0, 0.1) is 5.82 Å². The predicted octanol–water partition coefficient (Wildman–Crippen LogP) is 2.40. The van der Waals surface area contributed by atoms with Crippen molar-refractivity contribution < 1.29 is 9.13 Å². The van der Waals surface area contributed by atoms with Crippen LogP contribution in [0.25, 0.3) is 0 Å². The number of nitrogens with two attached hydrogens (primary N) is 1. The molecule has 0 bridgehead atoms. The van der Waals surface area contributed by atoms with Gasteiger partial charge in [0.25, 0.3) is 0 Å². The van der Waals surface area contributed by atoms with Gasteiger partial charge in [0.05, 0.1) is 6.20 Å². The second-order valence-electron chi connectivity index (χ2n) is 3.89. The number of benzene rings is 1. The molecule has 0 aliphatic heterocycles. The highest BCUT2D eigenvalue weighted by Gasteiger charge is 2.14. The van der Waals surface area contributed by atoms with E-state index in [1.165, 1.54) is 12.1 Å². The van der Waals surface area contributed by atoms with Gasteiger partial charge in [-0.15, -0.1) is 0 Å². The molecule has 0 amide bonds. The maximum Gasteiger partial charge on any atom is 0.139 e. The zero-order valence-corrected chi connectivity index (χ0v) is 11.4. The van der Waals surface area contributed by atoms with Crippen LogP contribution in [-0.4, -0.2) is 16.3 Å². The van der Waals surface area contributed by atoms with Crippen molar-refractivity contribution in [1.29, 1.82) is 0 Å². The van der Waals surface area contributed by atoms with Gasteiger partial charge in [0.1, 0.15) is 17.7 Å². The van der Waals surface area contributed by atoms with Crippen LogP contribution < -0.4 is 10.5 Å². The summed E-state index contributed by atoms with van der Waals surface area (Å²) in [5.41, 5.74) is 6.53. The van der Waals surface area contributed by atoms with Crippen molar-refractivity contribution in [3.05, 3.63) is 46.4 Å². The molecule has 4 nitrogen and oxygen atoms in total. The number of hydrogen-bond acceptors (Lipinski definition) is 3. The minimum absolute atomic E-state index is 0.291. The average Bonchev–Trinajstić information content (AvgIpc) is 2.71. The highest BCUT2D eigenvalue weighted by molar-refractivity contribution is 9.10. The molecule has 0 spiro atoms. The maximum atomic E-state index is 13.2. The second kappa shape index (κ2) is 5.49. The first-order valence-electron chi connectivity index (χ1n) is 5.40. The second-order valence-corrected chi connectivity index (χ2v) is 4.81. The molecule has 6 heteroatoms. The van der Waals surface area contributed by atoms with Gasteiger partial charge in [0, 0.05) is 35.9 Å². The quantitative estimate of drug-likeness (QED) is 0.943. The van der Waals surface area contributed by atoms with Crippen LogP contribution in [0.4, 0.5) is 4.39 Å². The topological polar surface area (TPSA) is 53.1 Å². The van der Waals surface area contributed by atoms with Gasteiger partial charge in [0.2, 0.25) is 0 Å². The lowest BCUT2D eigenvalue weighted by Crippen LogP contribution is -2.18. The average molecular weight is 314 g/mol. The molecule has 0 saturated heterocycles. The summed E-state index contributed by atoms with van der Waals surface area (Å²) in [6.07, 6.45) is 3.17. The number of rotatable bonds is 4. The molecule has 2 rings (SSSR count). The molecule has 1 aromatic carbocycles. The van der Waals surface area contributed by atoms with Crippen molar-refractivity contribution in [1.82, 2.24) is 9.78 Å². The van der Waals surface area contributed by atoms with E-state index in [9.17, 15) is 4.39 Å². The lowest BCUT2D eigenvalue weighted by atomic mass is 10.2. The van der Waals surface area contributed by atoms with E-state index < -0.39 is 0 Å². The molecule has 0 aliphatic rings. The van der Waals surface area contributed by atoms with Gasteiger partial charge in [0.15, 0.2) is 0 Å². The lowest BCUT2D eigenvalue weighted by Gasteiger charge is -2.16. The molecular weight excluding hydrogens is 301 g/mol. The fraction of sp³-hybridized carbons (Fsp3) is 0.250. The number of ether oxygens (including phenoxy) is 1. The molecule has 1 aromatic heterocycles. The summed E-state index contributed by atoms with van der Waals surface area (Å²) in [7, 11) is 1.82. The first-order valence-corrected chi connectivity index (χ1v) is 6.19. The Hall–Kier alpha value is -1.40. The Kier molecular flexibility index (Phi) is 3.98. The van der Waals surface area contributed by atoms with Crippen molar-refractivity contribution in [3.8, 4) is 5.75 Å². The maximum absolute atomic E-state index is 13.2. The first-order chi connectivity index (χ1) is 8.58. The van der Waals surface area contributed by atoms with Gasteiger partial charge < -0.3 is 10.5 Å². The van der Waals surface area contributed by atoms with Crippen molar-refractivity contribution in [2.45, 2.75) is 6.10 Å². The van der Waals surface area contributed by atoms with Crippen LogP contribution in [0.1, 0.15) is 11.7 Å². The molecule has 0 fully saturated rings. The highest BCUT2D eigenvalue weighted by atomic mass is 79.9. The van der Waals surface area contributed by atoms with Crippen LogP contribution in [0.2, 0.25) is 0 Å². The summed E-state index contributed by atoms with van der Waals surface area (Å²) in [6.45, 7) is 0.291. The summed E-state index contributed by atoms with van der Waals surface area (Å²) in [6, 6.07) is 4.39. The third kappa shape index (κ3) is 3.08. The van der Waals surface area contributed by atoms with Gasteiger partial charge >= 0.3 is 0 Å². The summed E-state index contributed by atoms with van der Waals surface area (Å²) in [4.78, 5) is 0. The molecule has 2 N–H and O–H groups in total. The molecule has 1 atom stereocenters. The van der Waals surface area contributed by atoms with E-state index in [1.54, 1.807) is 16.9 Å². The SMILES string of the molecule is Cn1cc(C(CN)Oc2cc(F)cc(Br)c2)cn1. The van der Waals surface area contributed by atoms with Crippen LogP contribution in [0.5, 0.6) is 5.75 Å². The minimum atomic E-state index is -0.360. The molecular formula is C12H13BrFN3O. The summed E-state index contributed by atoms with van der Waals surface area (Å²) < 4.78 is 21.2. The van der Waals surface area contributed by atoms with E-state index in [-0.39, 0.29) is 11.9 Å². The number of halogens is 2. The molecule has 1 heterocycles. The summed E-state index contributed by atoms with van der Waals surface area (Å²) in [5, 5.41) is 4.06.